The van der Waals surface area contributed by atoms with Crippen LogP contribution >= 0.6 is 0 Å². The summed E-state index contributed by atoms with van der Waals surface area (Å²) in [5, 5.41) is 3.73. The molecule has 6 heteroatoms. The maximum Gasteiger partial charge on any atom is 0.258 e. The molecule has 0 saturated heterocycles. The van der Waals surface area contributed by atoms with Crippen molar-refractivity contribution in [2.24, 2.45) is 5.92 Å². The predicted octanol–water partition coefficient (Wildman–Crippen LogP) is 2.05. The fourth-order valence-corrected chi connectivity index (χ4v) is 3.55. The van der Waals surface area contributed by atoms with E-state index in [9.17, 15) is 9.59 Å². The van der Waals surface area contributed by atoms with Gasteiger partial charge in [0, 0.05) is 6.04 Å². The number of para-hydroxylation sites is 1. The van der Waals surface area contributed by atoms with Crippen molar-refractivity contribution in [3.63, 3.8) is 0 Å². The third-order valence-corrected chi connectivity index (χ3v) is 4.95. The van der Waals surface area contributed by atoms with Crippen LogP contribution < -0.4 is 10.9 Å². The molecule has 1 saturated carbocycles. The van der Waals surface area contributed by atoms with Crippen molar-refractivity contribution in [2.75, 3.05) is 13.6 Å². The van der Waals surface area contributed by atoms with Crippen molar-refractivity contribution in [1.82, 2.24) is 20.2 Å². The quantitative estimate of drug-likeness (QED) is 0.872. The normalized spacial score (nSPS) is 20.8. The molecule has 3 rings (SSSR count). The van der Waals surface area contributed by atoms with E-state index in [0.717, 1.165) is 6.42 Å². The minimum atomic E-state index is -0.144. The first-order valence-corrected chi connectivity index (χ1v) is 8.99. The Kier molecular flexibility index (Phi) is 5.48. The van der Waals surface area contributed by atoms with E-state index in [0.29, 0.717) is 35.7 Å². The predicted molar refractivity (Wildman–Crippen MR) is 98.3 cm³/mol. The second-order valence-corrected chi connectivity index (χ2v) is 7.14. The van der Waals surface area contributed by atoms with Gasteiger partial charge in [-0.2, -0.15) is 0 Å². The van der Waals surface area contributed by atoms with Gasteiger partial charge in [-0.15, -0.1) is 0 Å². The molecule has 25 heavy (non-hydrogen) atoms. The van der Waals surface area contributed by atoms with Gasteiger partial charge in [-0.1, -0.05) is 31.9 Å². The fourth-order valence-electron chi connectivity index (χ4n) is 3.55. The van der Waals surface area contributed by atoms with Crippen LogP contribution in [0.1, 0.15) is 38.4 Å². The van der Waals surface area contributed by atoms with Crippen LogP contribution in [0.3, 0.4) is 0 Å². The number of rotatable bonds is 5. The molecule has 1 heterocycles. The van der Waals surface area contributed by atoms with Crippen LogP contribution in [-0.2, 0) is 11.3 Å². The minimum absolute atomic E-state index is 0.0318. The number of carbonyl (C=O) groups is 1. The summed E-state index contributed by atoms with van der Waals surface area (Å²) < 4.78 is 0. The Morgan fingerprint density at radius 3 is 2.88 bits per heavy atom. The van der Waals surface area contributed by atoms with Gasteiger partial charge in [0.25, 0.3) is 5.56 Å². The minimum Gasteiger partial charge on any atom is -0.352 e. The van der Waals surface area contributed by atoms with Crippen LogP contribution in [-0.4, -0.2) is 40.4 Å². The van der Waals surface area contributed by atoms with Crippen LogP contribution in [0.15, 0.2) is 29.1 Å². The molecule has 6 nitrogen and oxygen atoms in total. The number of fused-ring (bicyclic) bond motifs is 1. The molecule has 1 fully saturated rings. The molecule has 1 aromatic heterocycles. The monoisotopic (exact) mass is 342 g/mol. The lowest BCUT2D eigenvalue weighted by molar-refractivity contribution is -0.123. The smallest absolute Gasteiger partial charge is 0.258 e. The van der Waals surface area contributed by atoms with Crippen molar-refractivity contribution >= 4 is 16.8 Å². The molecule has 2 aromatic rings. The average molecular weight is 342 g/mol. The average Bonchev–Trinajstić information content (AvgIpc) is 2.57. The van der Waals surface area contributed by atoms with Crippen LogP contribution in [0, 0.1) is 5.92 Å². The number of aromatic nitrogens is 2. The molecule has 2 unspecified atom stereocenters. The second kappa shape index (κ2) is 7.78. The number of H-pyrrole nitrogens is 1. The summed E-state index contributed by atoms with van der Waals surface area (Å²) in [5.41, 5.74) is 0.532. The number of likely N-dealkylation sites (N-methyl/N-ethyl adjacent to an activating group) is 1. The number of benzene rings is 1. The van der Waals surface area contributed by atoms with Crippen LogP contribution in [0.25, 0.3) is 10.9 Å². The Labute approximate surface area is 147 Å². The molecule has 1 aliphatic rings. The highest BCUT2D eigenvalue weighted by molar-refractivity contribution is 5.78. The number of nitrogens with one attached hydrogen (secondary N) is 2. The molecule has 1 amide bonds. The topological polar surface area (TPSA) is 78.1 Å². The number of carbonyl (C=O) groups excluding carboxylic acids is 1. The highest BCUT2D eigenvalue weighted by Crippen LogP contribution is 2.23. The van der Waals surface area contributed by atoms with E-state index in [-0.39, 0.29) is 17.5 Å². The molecule has 134 valence electrons. The number of amides is 1. The van der Waals surface area contributed by atoms with E-state index in [1.165, 1.54) is 19.3 Å². The van der Waals surface area contributed by atoms with Crippen molar-refractivity contribution < 1.29 is 4.79 Å². The second-order valence-electron chi connectivity index (χ2n) is 7.14. The van der Waals surface area contributed by atoms with Gasteiger partial charge < -0.3 is 10.3 Å². The molecule has 0 bridgehead atoms. The molecule has 0 spiro atoms. The number of aromatic amines is 1. The molecule has 0 radical (unpaired) electrons. The lowest BCUT2D eigenvalue weighted by Gasteiger charge is -2.30. The summed E-state index contributed by atoms with van der Waals surface area (Å²) in [6, 6.07) is 7.55. The maximum atomic E-state index is 12.3. The van der Waals surface area contributed by atoms with Crippen LogP contribution in [0.4, 0.5) is 0 Å². The zero-order valence-electron chi connectivity index (χ0n) is 14.9. The van der Waals surface area contributed by atoms with E-state index in [2.05, 4.69) is 22.2 Å². The summed E-state index contributed by atoms with van der Waals surface area (Å²) in [7, 11) is 1.86. The Hall–Kier alpha value is -2.21. The third-order valence-electron chi connectivity index (χ3n) is 4.95. The first kappa shape index (κ1) is 17.6. The first-order chi connectivity index (χ1) is 12.0. The largest absolute Gasteiger partial charge is 0.352 e. The Morgan fingerprint density at radius 1 is 1.32 bits per heavy atom. The van der Waals surface area contributed by atoms with Crippen LogP contribution in [0.2, 0.25) is 0 Å². The summed E-state index contributed by atoms with van der Waals surface area (Å²) in [5.74, 6) is 1.15. The standard InChI is InChI=1S/C19H26N4O2/c1-13-7-3-5-9-15(13)21-18(24)12-23(2)11-17-20-16-10-6-4-8-14(16)19(25)22-17/h4,6,8,10,13,15H,3,5,7,9,11-12H2,1-2H3,(H,21,24)(H,20,22,25). The Bertz CT molecular complexity index is 801. The highest BCUT2D eigenvalue weighted by atomic mass is 16.2. The van der Waals surface area contributed by atoms with E-state index < -0.39 is 0 Å². The van der Waals surface area contributed by atoms with Gasteiger partial charge in [0.15, 0.2) is 0 Å². The fraction of sp³-hybridized carbons (Fsp3) is 0.526. The van der Waals surface area contributed by atoms with Gasteiger partial charge in [-0.05, 0) is 37.9 Å². The van der Waals surface area contributed by atoms with Gasteiger partial charge >= 0.3 is 0 Å². The number of hydrogen-bond donors (Lipinski definition) is 2. The third kappa shape index (κ3) is 4.45. The maximum absolute atomic E-state index is 12.3. The molecule has 2 N–H and O–H groups in total. The lowest BCUT2D eigenvalue weighted by Crippen LogP contribution is -2.45. The molecule has 1 aromatic carbocycles. The first-order valence-electron chi connectivity index (χ1n) is 8.99. The molecule has 1 aliphatic carbocycles. The molecular formula is C19H26N4O2. The number of hydrogen-bond acceptors (Lipinski definition) is 4. The summed E-state index contributed by atoms with van der Waals surface area (Å²) in [4.78, 5) is 33.6. The molecular weight excluding hydrogens is 316 g/mol. The lowest BCUT2D eigenvalue weighted by atomic mass is 9.86. The van der Waals surface area contributed by atoms with Gasteiger partial charge in [0.05, 0.1) is 24.0 Å². The van der Waals surface area contributed by atoms with E-state index in [1.807, 2.05) is 30.1 Å². The molecule has 2 atom stereocenters. The SMILES string of the molecule is CC1CCCCC1NC(=O)CN(C)Cc1nc2ccccc2c(=O)[nH]1. The zero-order chi connectivity index (χ0) is 17.8. The highest BCUT2D eigenvalue weighted by Gasteiger charge is 2.23. The van der Waals surface area contributed by atoms with Gasteiger partial charge in [-0.25, -0.2) is 4.98 Å². The van der Waals surface area contributed by atoms with Crippen LogP contribution in [0.5, 0.6) is 0 Å². The molecule has 0 aliphatic heterocycles. The Morgan fingerprint density at radius 2 is 2.08 bits per heavy atom. The summed E-state index contributed by atoms with van der Waals surface area (Å²) in [6.07, 6.45) is 4.70. The van der Waals surface area contributed by atoms with E-state index >= 15 is 0 Å². The zero-order valence-corrected chi connectivity index (χ0v) is 14.9. The van der Waals surface area contributed by atoms with Crippen molar-refractivity contribution in [3.05, 3.63) is 40.4 Å². The van der Waals surface area contributed by atoms with Gasteiger partial charge in [-0.3, -0.25) is 14.5 Å². The van der Waals surface area contributed by atoms with Gasteiger partial charge in [0.1, 0.15) is 5.82 Å². The van der Waals surface area contributed by atoms with Crippen molar-refractivity contribution in [2.45, 2.75) is 45.2 Å². The number of nitrogens with zero attached hydrogens (tertiary/aromatic N) is 2. The summed E-state index contributed by atoms with van der Waals surface area (Å²) in [6.45, 7) is 2.92. The van der Waals surface area contributed by atoms with Crippen molar-refractivity contribution in [3.8, 4) is 0 Å². The van der Waals surface area contributed by atoms with Gasteiger partial charge in [0.2, 0.25) is 5.91 Å². The summed E-state index contributed by atoms with van der Waals surface area (Å²) >= 11 is 0. The van der Waals surface area contributed by atoms with E-state index in [4.69, 9.17) is 0 Å². The Balaban J connectivity index is 1.59. The van der Waals surface area contributed by atoms with Crippen molar-refractivity contribution in [1.29, 1.82) is 0 Å². The van der Waals surface area contributed by atoms with E-state index in [1.54, 1.807) is 6.07 Å².